The zero-order valence-electron chi connectivity index (χ0n) is 9.43. The highest BCUT2D eigenvalue weighted by Gasteiger charge is 2.37. The number of carboxylic acid groups (broad SMARTS) is 1. The summed E-state index contributed by atoms with van der Waals surface area (Å²) in [5, 5.41) is 10.1. The first-order valence-electron chi connectivity index (χ1n) is 5.41. The van der Waals surface area contributed by atoms with E-state index in [2.05, 4.69) is 4.98 Å². The molecule has 2 unspecified atom stereocenters. The summed E-state index contributed by atoms with van der Waals surface area (Å²) in [6.07, 6.45) is 1.79. The fourth-order valence-electron chi connectivity index (χ4n) is 1.91. The lowest BCUT2D eigenvalue weighted by Gasteiger charge is -2.32. The lowest BCUT2D eigenvalue weighted by atomic mass is 9.85. The van der Waals surface area contributed by atoms with Gasteiger partial charge in [0.1, 0.15) is 0 Å². The number of hydrogen-bond donors (Lipinski definition) is 1. The van der Waals surface area contributed by atoms with Crippen LogP contribution in [0.4, 0.5) is 0 Å². The summed E-state index contributed by atoms with van der Waals surface area (Å²) in [4.78, 5) is 15.3. The van der Waals surface area contributed by atoms with Crippen LogP contribution < -0.4 is 0 Å². The molecule has 0 spiro atoms. The van der Waals surface area contributed by atoms with E-state index in [0.29, 0.717) is 0 Å². The van der Waals surface area contributed by atoms with Crippen LogP contribution in [-0.4, -0.2) is 21.3 Å². The van der Waals surface area contributed by atoms with Gasteiger partial charge >= 0.3 is 5.97 Å². The molecule has 1 aromatic heterocycles. The molecule has 16 heavy (non-hydrogen) atoms. The van der Waals surface area contributed by atoms with Crippen molar-refractivity contribution in [2.45, 2.75) is 37.0 Å². The number of aryl methyl sites for hydroxylation is 2. The fourth-order valence-corrected chi connectivity index (χ4v) is 3.34. The molecule has 1 saturated carbocycles. The van der Waals surface area contributed by atoms with E-state index in [1.807, 2.05) is 26.0 Å². The first kappa shape index (κ1) is 11.5. The predicted octanol–water partition coefficient (Wildman–Crippen LogP) is 2.65. The number of pyridine rings is 1. The molecule has 4 heteroatoms. The topological polar surface area (TPSA) is 50.2 Å². The Hall–Kier alpha value is -1.03. The third-order valence-electron chi connectivity index (χ3n) is 2.87. The van der Waals surface area contributed by atoms with Gasteiger partial charge < -0.3 is 5.11 Å². The molecule has 0 aliphatic heterocycles. The van der Waals surface area contributed by atoms with Crippen molar-refractivity contribution in [2.75, 3.05) is 0 Å². The smallest absolute Gasteiger partial charge is 0.307 e. The molecule has 1 aliphatic rings. The molecule has 0 radical (unpaired) electrons. The standard InChI is InChI=1S/C12H15NO2S/c1-7-5-8(2)13-11(6-7)16-10-4-3-9(10)12(14)15/h5-6,9-10H,3-4H2,1-2H3,(H,14,15). The number of aliphatic carboxylic acids is 1. The van der Waals surface area contributed by atoms with Crippen molar-refractivity contribution in [1.82, 2.24) is 4.98 Å². The third kappa shape index (κ3) is 2.38. The molecular weight excluding hydrogens is 222 g/mol. The van der Waals surface area contributed by atoms with E-state index in [1.165, 1.54) is 5.56 Å². The van der Waals surface area contributed by atoms with Crippen LogP contribution in [0.1, 0.15) is 24.1 Å². The van der Waals surface area contributed by atoms with E-state index < -0.39 is 5.97 Å². The van der Waals surface area contributed by atoms with E-state index in [9.17, 15) is 4.79 Å². The zero-order valence-corrected chi connectivity index (χ0v) is 10.3. The average molecular weight is 237 g/mol. The lowest BCUT2D eigenvalue weighted by Crippen LogP contribution is -2.35. The fraction of sp³-hybridized carbons (Fsp3) is 0.500. The highest BCUT2D eigenvalue weighted by molar-refractivity contribution is 8.00. The van der Waals surface area contributed by atoms with Gasteiger partial charge in [-0.05, 0) is 44.4 Å². The first-order valence-corrected chi connectivity index (χ1v) is 6.29. The van der Waals surface area contributed by atoms with E-state index in [1.54, 1.807) is 11.8 Å². The number of carbonyl (C=O) groups is 1. The van der Waals surface area contributed by atoms with Crippen molar-refractivity contribution >= 4 is 17.7 Å². The van der Waals surface area contributed by atoms with Gasteiger partial charge in [-0.25, -0.2) is 4.98 Å². The second-order valence-corrected chi connectivity index (χ2v) is 5.56. The molecule has 1 fully saturated rings. The highest BCUT2D eigenvalue weighted by atomic mass is 32.2. The number of carboxylic acids is 1. The van der Waals surface area contributed by atoms with Gasteiger partial charge in [0.05, 0.1) is 10.9 Å². The maximum absolute atomic E-state index is 10.9. The van der Waals surface area contributed by atoms with Gasteiger partial charge in [0, 0.05) is 10.9 Å². The molecule has 86 valence electrons. The van der Waals surface area contributed by atoms with Gasteiger partial charge in [-0.2, -0.15) is 0 Å². The van der Waals surface area contributed by atoms with Crippen LogP contribution in [0.15, 0.2) is 17.2 Å². The molecular formula is C12H15NO2S. The van der Waals surface area contributed by atoms with Crippen molar-refractivity contribution in [3.8, 4) is 0 Å². The summed E-state index contributed by atoms with van der Waals surface area (Å²) < 4.78 is 0. The van der Waals surface area contributed by atoms with E-state index >= 15 is 0 Å². The Morgan fingerprint density at radius 1 is 1.44 bits per heavy atom. The molecule has 0 bridgehead atoms. The summed E-state index contributed by atoms with van der Waals surface area (Å²) in [5.41, 5.74) is 2.18. The van der Waals surface area contributed by atoms with Crippen LogP contribution in [0, 0.1) is 19.8 Å². The van der Waals surface area contributed by atoms with Gasteiger partial charge in [-0.15, -0.1) is 11.8 Å². The Labute approximate surface area is 99.3 Å². The molecule has 0 aromatic carbocycles. The van der Waals surface area contributed by atoms with Crippen molar-refractivity contribution in [1.29, 1.82) is 0 Å². The number of thioether (sulfide) groups is 1. The second-order valence-electron chi connectivity index (χ2n) is 4.30. The van der Waals surface area contributed by atoms with E-state index in [4.69, 9.17) is 5.11 Å². The highest BCUT2D eigenvalue weighted by Crippen LogP contribution is 2.40. The summed E-state index contributed by atoms with van der Waals surface area (Å²) in [7, 11) is 0. The van der Waals surface area contributed by atoms with Crippen LogP contribution in [-0.2, 0) is 4.79 Å². The minimum absolute atomic E-state index is 0.187. The SMILES string of the molecule is Cc1cc(C)nc(SC2CCC2C(=O)O)c1. The van der Waals surface area contributed by atoms with E-state index in [-0.39, 0.29) is 11.2 Å². The first-order chi connectivity index (χ1) is 7.56. The van der Waals surface area contributed by atoms with Gasteiger partial charge in [0.25, 0.3) is 0 Å². The minimum atomic E-state index is -0.673. The zero-order chi connectivity index (χ0) is 11.7. The Bertz CT molecular complexity index is 399. The van der Waals surface area contributed by atoms with Gasteiger partial charge in [-0.3, -0.25) is 4.79 Å². The summed E-state index contributed by atoms with van der Waals surface area (Å²) in [6, 6.07) is 4.05. The molecule has 1 aromatic rings. The molecule has 1 N–H and O–H groups in total. The quantitative estimate of drug-likeness (QED) is 0.878. The molecule has 3 nitrogen and oxygen atoms in total. The molecule has 0 saturated heterocycles. The minimum Gasteiger partial charge on any atom is -0.481 e. The average Bonchev–Trinajstić information content (AvgIpc) is 2.09. The van der Waals surface area contributed by atoms with E-state index in [0.717, 1.165) is 23.6 Å². The van der Waals surface area contributed by atoms with Crippen LogP contribution in [0.25, 0.3) is 0 Å². The van der Waals surface area contributed by atoms with Crippen molar-refractivity contribution < 1.29 is 9.90 Å². The number of hydrogen-bond acceptors (Lipinski definition) is 3. The van der Waals surface area contributed by atoms with Crippen LogP contribution >= 0.6 is 11.8 Å². The summed E-state index contributed by atoms with van der Waals surface area (Å²) in [5.74, 6) is -0.860. The second kappa shape index (κ2) is 4.45. The Kier molecular flexibility index (Phi) is 3.19. The van der Waals surface area contributed by atoms with Crippen LogP contribution in [0.3, 0.4) is 0 Å². The molecule has 0 amide bonds. The van der Waals surface area contributed by atoms with Gasteiger partial charge in [0.2, 0.25) is 0 Å². The number of rotatable bonds is 3. The van der Waals surface area contributed by atoms with Crippen molar-refractivity contribution in [3.63, 3.8) is 0 Å². The van der Waals surface area contributed by atoms with Gasteiger partial charge in [0.15, 0.2) is 0 Å². The maximum Gasteiger partial charge on any atom is 0.307 e. The Morgan fingerprint density at radius 2 is 2.19 bits per heavy atom. The van der Waals surface area contributed by atoms with Crippen LogP contribution in [0.5, 0.6) is 0 Å². The van der Waals surface area contributed by atoms with Crippen molar-refractivity contribution in [2.24, 2.45) is 5.92 Å². The largest absolute Gasteiger partial charge is 0.481 e. The normalized spacial score (nSPS) is 23.9. The molecule has 2 rings (SSSR count). The monoisotopic (exact) mass is 237 g/mol. The molecule has 1 aliphatic carbocycles. The van der Waals surface area contributed by atoms with Crippen molar-refractivity contribution in [3.05, 3.63) is 23.4 Å². The molecule has 1 heterocycles. The number of aromatic nitrogens is 1. The summed E-state index contributed by atoms with van der Waals surface area (Å²) >= 11 is 1.60. The molecule has 2 atom stereocenters. The Morgan fingerprint density at radius 3 is 2.69 bits per heavy atom. The maximum atomic E-state index is 10.9. The lowest BCUT2D eigenvalue weighted by molar-refractivity contribution is -0.144. The Balaban J connectivity index is 2.07. The van der Waals surface area contributed by atoms with Crippen LogP contribution in [0.2, 0.25) is 0 Å². The number of nitrogens with zero attached hydrogens (tertiary/aromatic N) is 1. The van der Waals surface area contributed by atoms with Gasteiger partial charge in [-0.1, -0.05) is 0 Å². The third-order valence-corrected chi connectivity index (χ3v) is 4.19. The summed E-state index contributed by atoms with van der Waals surface area (Å²) in [6.45, 7) is 4.00. The predicted molar refractivity (Wildman–Crippen MR) is 63.7 cm³/mol.